The molecular weight excluding hydrogens is 210 g/mol. The molecular formula is C10H17N3O3. The summed E-state index contributed by atoms with van der Waals surface area (Å²) in [5, 5.41) is 7.82. The van der Waals surface area contributed by atoms with Crippen molar-refractivity contribution < 1.29 is 14.4 Å². The average molecular weight is 227 g/mol. The molecule has 16 heavy (non-hydrogen) atoms. The van der Waals surface area contributed by atoms with E-state index in [-0.39, 0.29) is 23.6 Å². The zero-order valence-electron chi connectivity index (χ0n) is 9.50. The van der Waals surface area contributed by atoms with Gasteiger partial charge >= 0.3 is 0 Å². The number of carbonyl (C=O) groups is 3. The van der Waals surface area contributed by atoms with Crippen LogP contribution in [0.15, 0.2) is 0 Å². The van der Waals surface area contributed by atoms with Crippen molar-refractivity contribution in [2.24, 2.45) is 5.92 Å². The summed E-state index contributed by atoms with van der Waals surface area (Å²) in [6, 6.07) is -0.568. The fourth-order valence-electron chi connectivity index (χ4n) is 1.59. The summed E-state index contributed by atoms with van der Waals surface area (Å²) in [4.78, 5) is 33.4. The van der Waals surface area contributed by atoms with Gasteiger partial charge in [0.2, 0.25) is 17.7 Å². The van der Waals surface area contributed by atoms with E-state index in [1.807, 2.05) is 0 Å². The normalized spacial score (nSPS) is 21.1. The molecule has 0 saturated carbocycles. The minimum absolute atomic E-state index is 0.0209. The zero-order chi connectivity index (χ0) is 12.1. The third-order valence-corrected chi connectivity index (χ3v) is 2.50. The molecule has 1 aliphatic heterocycles. The van der Waals surface area contributed by atoms with E-state index in [0.717, 1.165) is 6.42 Å². The van der Waals surface area contributed by atoms with Crippen molar-refractivity contribution in [2.45, 2.75) is 26.3 Å². The molecule has 2 atom stereocenters. The van der Waals surface area contributed by atoms with Gasteiger partial charge in [0.1, 0.15) is 6.04 Å². The first kappa shape index (κ1) is 12.5. The number of hydrogen-bond acceptors (Lipinski definition) is 3. The highest BCUT2D eigenvalue weighted by Gasteiger charge is 2.25. The maximum atomic E-state index is 11.5. The van der Waals surface area contributed by atoms with Crippen LogP contribution in [-0.4, -0.2) is 36.9 Å². The first-order chi connectivity index (χ1) is 7.50. The van der Waals surface area contributed by atoms with E-state index in [2.05, 4.69) is 16.0 Å². The molecule has 1 heterocycles. The maximum absolute atomic E-state index is 11.5. The van der Waals surface area contributed by atoms with Crippen LogP contribution in [0.2, 0.25) is 0 Å². The van der Waals surface area contributed by atoms with Gasteiger partial charge in [-0.15, -0.1) is 0 Å². The van der Waals surface area contributed by atoms with Gasteiger partial charge in [-0.3, -0.25) is 14.4 Å². The van der Waals surface area contributed by atoms with Crippen LogP contribution in [0.4, 0.5) is 0 Å². The second-order valence-electron chi connectivity index (χ2n) is 3.94. The van der Waals surface area contributed by atoms with Gasteiger partial charge in [-0.2, -0.15) is 0 Å². The number of carbonyl (C=O) groups excluding carboxylic acids is 3. The van der Waals surface area contributed by atoms with E-state index in [1.54, 1.807) is 6.92 Å². The Hall–Kier alpha value is -1.59. The minimum Gasteiger partial charge on any atom is -0.356 e. The highest BCUT2D eigenvalue weighted by atomic mass is 16.2. The molecule has 6 heteroatoms. The van der Waals surface area contributed by atoms with E-state index in [0.29, 0.717) is 13.1 Å². The van der Waals surface area contributed by atoms with Crippen LogP contribution < -0.4 is 16.0 Å². The van der Waals surface area contributed by atoms with Crippen LogP contribution >= 0.6 is 0 Å². The van der Waals surface area contributed by atoms with Crippen molar-refractivity contribution in [3.8, 4) is 0 Å². The van der Waals surface area contributed by atoms with Crippen molar-refractivity contribution >= 4 is 17.7 Å². The number of nitrogens with one attached hydrogen (secondary N) is 3. The lowest BCUT2D eigenvalue weighted by molar-refractivity contribution is -0.128. The molecule has 1 fully saturated rings. The lowest BCUT2D eigenvalue weighted by Gasteiger charge is -2.14. The Morgan fingerprint density at radius 1 is 1.56 bits per heavy atom. The van der Waals surface area contributed by atoms with E-state index in [9.17, 15) is 14.4 Å². The summed E-state index contributed by atoms with van der Waals surface area (Å²) in [7, 11) is 0. The van der Waals surface area contributed by atoms with Gasteiger partial charge in [-0.25, -0.2) is 0 Å². The first-order valence-electron chi connectivity index (χ1n) is 5.33. The lowest BCUT2D eigenvalue weighted by atomic mass is 10.1. The molecule has 0 radical (unpaired) electrons. The highest BCUT2D eigenvalue weighted by Crippen LogP contribution is 2.07. The first-order valence-corrected chi connectivity index (χ1v) is 5.33. The molecule has 3 amide bonds. The molecule has 0 aromatic heterocycles. The molecule has 0 bridgehead atoms. The smallest absolute Gasteiger partial charge is 0.242 e. The van der Waals surface area contributed by atoms with Crippen LogP contribution in [0.3, 0.4) is 0 Å². The van der Waals surface area contributed by atoms with Gasteiger partial charge in [0.05, 0.1) is 5.92 Å². The fraction of sp³-hybridized carbons (Fsp3) is 0.700. The molecule has 0 aliphatic carbocycles. The number of rotatable bonds is 4. The average Bonchev–Trinajstić information content (AvgIpc) is 2.59. The summed E-state index contributed by atoms with van der Waals surface area (Å²) < 4.78 is 0. The van der Waals surface area contributed by atoms with E-state index < -0.39 is 6.04 Å². The quantitative estimate of drug-likeness (QED) is 0.561. The summed E-state index contributed by atoms with van der Waals surface area (Å²) in [6.07, 6.45) is 0.744. The van der Waals surface area contributed by atoms with Crippen LogP contribution in [0.1, 0.15) is 20.3 Å². The zero-order valence-corrected chi connectivity index (χ0v) is 9.50. The predicted molar refractivity (Wildman–Crippen MR) is 57.4 cm³/mol. The Balaban J connectivity index is 2.29. The predicted octanol–water partition coefficient (Wildman–Crippen LogP) is -1.24. The van der Waals surface area contributed by atoms with Gasteiger partial charge in [0, 0.05) is 20.0 Å². The molecule has 6 nitrogen and oxygen atoms in total. The van der Waals surface area contributed by atoms with Crippen molar-refractivity contribution in [3.05, 3.63) is 0 Å². The lowest BCUT2D eigenvalue weighted by Crippen LogP contribution is -2.45. The minimum atomic E-state index is -0.568. The highest BCUT2D eigenvalue weighted by molar-refractivity contribution is 5.87. The van der Waals surface area contributed by atoms with E-state index in [4.69, 9.17) is 0 Å². The van der Waals surface area contributed by atoms with Crippen molar-refractivity contribution in [2.75, 3.05) is 13.1 Å². The summed E-state index contributed by atoms with van der Waals surface area (Å²) in [5.74, 6) is -0.683. The molecule has 1 aliphatic rings. The SMILES string of the molecule is CC(=O)N[C@@H](C)C(=O)NC[C@H]1CCNC1=O. The Kier molecular flexibility index (Phi) is 4.28. The van der Waals surface area contributed by atoms with Crippen molar-refractivity contribution in [1.29, 1.82) is 0 Å². The number of hydrogen-bond donors (Lipinski definition) is 3. The van der Waals surface area contributed by atoms with Gasteiger partial charge in [-0.1, -0.05) is 0 Å². The second kappa shape index (κ2) is 5.48. The topological polar surface area (TPSA) is 87.3 Å². The van der Waals surface area contributed by atoms with E-state index >= 15 is 0 Å². The molecule has 90 valence electrons. The molecule has 1 saturated heterocycles. The Labute approximate surface area is 94.2 Å². The Bertz CT molecular complexity index is 304. The van der Waals surface area contributed by atoms with Crippen LogP contribution in [0.25, 0.3) is 0 Å². The molecule has 1 rings (SSSR count). The van der Waals surface area contributed by atoms with Crippen LogP contribution in [0.5, 0.6) is 0 Å². The van der Waals surface area contributed by atoms with Gasteiger partial charge < -0.3 is 16.0 Å². The monoisotopic (exact) mass is 227 g/mol. The van der Waals surface area contributed by atoms with Crippen LogP contribution in [-0.2, 0) is 14.4 Å². The van der Waals surface area contributed by atoms with Crippen LogP contribution in [0, 0.1) is 5.92 Å². The molecule has 0 aromatic carbocycles. The maximum Gasteiger partial charge on any atom is 0.242 e. The van der Waals surface area contributed by atoms with E-state index in [1.165, 1.54) is 6.92 Å². The standard InChI is InChI=1S/C10H17N3O3/c1-6(13-7(2)14)9(15)12-5-8-3-4-11-10(8)16/h6,8H,3-5H2,1-2H3,(H,11,16)(H,12,15)(H,13,14)/t6-,8+/m0/s1. The largest absolute Gasteiger partial charge is 0.356 e. The summed E-state index contributed by atoms with van der Waals surface area (Å²) in [6.45, 7) is 3.95. The van der Waals surface area contributed by atoms with Gasteiger partial charge in [0.15, 0.2) is 0 Å². The van der Waals surface area contributed by atoms with Gasteiger partial charge in [0.25, 0.3) is 0 Å². The Morgan fingerprint density at radius 2 is 2.25 bits per heavy atom. The third kappa shape index (κ3) is 3.52. The molecule has 0 aromatic rings. The Morgan fingerprint density at radius 3 is 2.75 bits per heavy atom. The molecule has 0 unspecified atom stereocenters. The van der Waals surface area contributed by atoms with Gasteiger partial charge in [-0.05, 0) is 13.3 Å². The summed E-state index contributed by atoms with van der Waals surface area (Å²) >= 11 is 0. The van der Waals surface area contributed by atoms with Crippen molar-refractivity contribution in [1.82, 2.24) is 16.0 Å². The number of amides is 3. The van der Waals surface area contributed by atoms with Crippen molar-refractivity contribution in [3.63, 3.8) is 0 Å². The summed E-state index contributed by atoms with van der Waals surface area (Å²) in [5.41, 5.74) is 0. The molecule has 0 spiro atoms. The third-order valence-electron chi connectivity index (χ3n) is 2.50. The second-order valence-corrected chi connectivity index (χ2v) is 3.94. The molecule has 3 N–H and O–H groups in total. The fourth-order valence-corrected chi connectivity index (χ4v) is 1.59.